The fraction of sp³-hybridized carbons (Fsp3) is 0.889. The largest absolute Gasteiger partial charge is 0.0822 e. The van der Waals surface area contributed by atoms with Gasteiger partial charge >= 0.3 is 0 Å². The molecule has 3 fully saturated rings. The average Bonchev–Trinajstić information content (AvgIpc) is 2.38. The van der Waals surface area contributed by atoms with Gasteiger partial charge in [-0.15, -0.1) is 0 Å². The molecule has 0 aliphatic heterocycles. The fourth-order valence-corrected chi connectivity index (χ4v) is 5.41. The third-order valence-electron chi connectivity index (χ3n) is 6.06. The average molecular weight is 246 g/mol. The number of rotatable bonds is 1. The molecular weight excluding hydrogens is 216 g/mol. The molecule has 3 aliphatic carbocycles. The molecule has 0 radical (unpaired) electrons. The molecule has 4 atom stereocenters. The first kappa shape index (κ1) is 12.8. The zero-order valence-electron chi connectivity index (χ0n) is 12.3. The van der Waals surface area contributed by atoms with Gasteiger partial charge in [-0.25, -0.2) is 0 Å². The Morgan fingerprint density at radius 3 is 1.78 bits per heavy atom. The molecule has 0 bridgehead atoms. The van der Waals surface area contributed by atoms with E-state index < -0.39 is 0 Å². The molecule has 0 heterocycles. The molecule has 0 aromatic heterocycles. The maximum atomic E-state index is 2.67. The molecular formula is C18H30. The molecule has 18 heavy (non-hydrogen) atoms. The SMILES string of the molecule is CC(C)=CC1C2CCCCC2CC2CCCCC21. The Hall–Kier alpha value is -0.260. The van der Waals surface area contributed by atoms with Crippen molar-refractivity contribution in [3.63, 3.8) is 0 Å². The minimum absolute atomic E-state index is 0.944. The predicted octanol–water partition coefficient (Wildman–Crippen LogP) is 5.59. The van der Waals surface area contributed by atoms with Crippen LogP contribution in [0.5, 0.6) is 0 Å². The first-order valence-electron chi connectivity index (χ1n) is 8.40. The zero-order valence-corrected chi connectivity index (χ0v) is 12.3. The van der Waals surface area contributed by atoms with Crippen LogP contribution in [-0.4, -0.2) is 0 Å². The maximum Gasteiger partial charge on any atom is -0.0169 e. The van der Waals surface area contributed by atoms with Crippen molar-refractivity contribution >= 4 is 0 Å². The van der Waals surface area contributed by atoms with E-state index in [1.165, 1.54) is 38.5 Å². The van der Waals surface area contributed by atoms with Gasteiger partial charge in [0.15, 0.2) is 0 Å². The second kappa shape index (κ2) is 5.39. The molecule has 0 aromatic rings. The van der Waals surface area contributed by atoms with Crippen LogP contribution in [0.2, 0.25) is 0 Å². The van der Waals surface area contributed by atoms with E-state index in [4.69, 9.17) is 0 Å². The summed E-state index contributed by atoms with van der Waals surface area (Å²) in [6.07, 6.45) is 16.4. The molecule has 3 aliphatic rings. The first-order chi connectivity index (χ1) is 8.75. The fourth-order valence-electron chi connectivity index (χ4n) is 5.41. The number of fused-ring (bicyclic) bond motifs is 2. The van der Waals surface area contributed by atoms with E-state index in [-0.39, 0.29) is 0 Å². The summed E-state index contributed by atoms with van der Waals surface area (Å²) in [5.41, 5.74) is 1.57. The van der Waals surface area contributed by atoms with Crippen molar-refractivity contribution in [2.24, 2.45) is 29.6 Å². The Labute approximate surface area is 113 Å². The third kappa shape index (κ3) is 2.40. The molecule has 3 rings (SSSR count). The number of hydrogen-bond donors (Lipinski definition) is 0. The summed E-state index contributed by atoms with van der Waals surface area (Å²) in [4.78, 5) is 0. The Kier molecular flexibility index (Phi) is 3.82. The van der Waals surface area contributed by atoms with Crippen molar-refractivity contribution in [1.29, 1.82) is 0 Å². The summed E-state index contributed by atoms with van der Waals surface area (Å²) in [5, 5.41) is 0. The zero-order chi connectivity index (χ0) is 12.5. The summed E-state index contributed by atoms with van der Waals surface area (Å²) in [6, 6.07) is 0. The molecule has 0 N–H and O–H groups in total. The van der Waals surface area contributed by atoms with Crippen molar-refractivity contribution in [3.8, 4) is 0 Å². The quantitative estimate of drug-likeness (QED) is 0.529. The lowest BCUT2D eigenvalue weighted by molar-refractivity contribution is 0.0113. The van der Waals surface area contributed by atoms with E-state index in [1.54, 1.807) is 24.8 Å². The van der Waals surface area contributed by atoms with E-state index >= 15 is 0 Å². The molecule has 0 nitrogen and oxygen atoms in total. The summed E-state index contributed by atoms with van der Waals surface area (Å²) < 4.78 is 0. The van der Waals surface area contributed by atoms with Crippen molar-refractivity contribution in [2.45, 2.75) is 71.6 Å². The topological polar surface area (TPSA) is 0 Å². The first-order valence-corrected chi connectivity index (χ1v) is 8.40. The van der Waals surface area contributed by atoms with Gasteiger partial charge in [0.2, 0.25) is 0 Å². The Morgan fingerprint density at radius 2 is 1.28 bits per heavy atom. The third-order valence-corrected chi connectivity index (χ3v) is 6.06. The van der Waals surface area contributed by atoms with E-state index in [0.717, 1.165) is 29.6 Å². The molecule has 4 unspecified atom stereocenters. The molecule has 0 saturated heterocycles. The molecule has 3 saturated carbocycles. The Morgan fingerprint density at radius 1 is 0.778 bits per heavy atom. The van der Waals surface area contributed by atoms with Crippen LogP contribution in [0, 0.1) is 29.6 Å². The van der Waals surface area contributed by atoms with Crippen LogP contribution in [0.15, 0.2) is 11.6 Å². The van der Waals surface area contributed by atoms with Gasteiger partial charge in [0.25, 0.3) is 0 Å². The van der Waals surface area contributed by atoms with Crippen molar-refractivity contribution in [3.05, 3.63) is 11.6 Å². The second-order valence-corrected chi connectivity index (χ2v) is 7.47. The lowest BCUT2D eigenvalue weighted by atomic mass is 9.54. The number of allylic oxidation sites excluding steroid dienone is 2. The smallest absolute Gasteiger partial charge is 0.0169 e. The van der Waals surface area contributed by atoms with Crippen LogP contribution in [-0.2, 0) is 0 Å². The summed E-state index contributed by atoms with van der Waals surface area (Å²) in [7, 11) is 0. The van der Waals surface area contributed by atoms with Gasteiger partial charge in [-0.05, 0) is 62.7 Å². The standard InChI is InChI=1S/C18H30/c1-13(2)11-18-16-9-5-3-7-14(16)12-15-8-4-6-10-17(15)18/h11,14-18H,3-10,12H2,1-2H3. The van der Waals surface area contributed by atoms with Gasteiger partial charge in [-0.1, -0.05) is 50.2 Å². The molecule has 0 heteroatoms. The van der Waals surface area contributed by atoms with Crippen LogP contribution in [0.3, 0.4) is 0 Å². The van der Waals surface area contributed by atoms with Gasteiger partial charge in [-0.3, -0.25) is 0 Å². The Bertz CT molecular complexity index is 288. The van der Waals surface area contributed by atoms with Crippen LogP contribution in [0.4, 0.5) is 0 Å². The van der Waals surface area contributed by atoms with Gasteiger partial charge in [0.05, 0.1) is 0 Å². The highest BCUT2D eigenvalue weighted by Crippen LogP contribution is 2.53. The lowest BCUT2D eigenvalue weighted by Gasteiger charge is -2.50. The molecule has 0 spiro atoms. The van der Waals surface area contributed by atoms with Gasteiger partial charge in [-0.2, -0.15) is 0 Å². The van der Waals surface area contributed by atoms with Crippen molar-refractivity contribution < 1.29 is 0 Å². The van der Waals surface area contributed by atoms with Crippen LogP contribution >= 0.6 is 0 Å². The van der Waals surface area contributed by atoms with E-state index in [2.05, 4.69) is 19.9 Å². The minimum Gasteiger partial charge on any atom is -0.0822 e. The highest BCUT2D eigenvalue weighted by Gasteiger charge is 2.44. The molecule has 102 valence electrons. The second-order valence-electron chi connectivity index (χ2n) is 7.47. The van der Waals surface area contributed by atoms with Gasteiger partial charge in [0.1, 0.15) is 0 Å². The monoisotopic (exact) mass is 246 g/mol. The predicted molar refractivity (Wildman–Crippen MR) is 78.4 cm³/mol. The van der Waals surface area contributed by atoms with E-state index in [1.807, 2.05) is 0 Å². The Balaban J connectivity index is 1.85. The minimum atomic E-state index is 0.944. The molecule has 0 amide bonds. The van der Waals surface area contributed by atoms with Crippen molar-refractivity contribution in [2.75, 3.05) is 0 Å². The molecule has 0 aromatic carbocycles. The summed E-state index contributed by atoms with van der Waals surface area (Å²) >= 11 is 0. The summed E-state index contributed by atoms with van der Waals surface area (Å²) in [6.45, 7) is 4.62. The van der Waals surface area contributed by atoms with E-state index in [0.29, 0.717) is 0 Å². The van der Waals surface area contributed by atoms with Crippen molar-refractivity contribution in [1.82, 2.24) is 0 Å². The normalized spacial score (nSPS) is 43.8. The van der Waals surface area contributed by atoms with Gasteiger partial charge in [0, 0.05) is 0 Å². The van der Waals surface area contributed by atoms with E-state index in [9.17, 15) is 0 Å². The van der Waals surface area contributed by atoms with Crippen LogP contribution in [0.1, 0.15) is 71.6 Å². The van der Waals surface area contributed by atoms with Crippen LogP contribution < -0.4 is 0 Å². The van der Waals surface area contributed by atoms with Crippen LogP contribution in [0.25, 0.3) is 0 Å². The number of hydrogen-bond acceptors (Lipinski definition) is 0. The highest BCUT2D eigenvalue weighted by molar-refractivity contribution is 5.07. The maximum absolute atomic E-state index is 2.67. The summed E-state index contributed by atoms with van der Waals surface area (Å²) in [5.74, 6) is 5.21. The lowest BCUT2D eigenvalue weighted by Crippen LogP contribution is -2.42. The highest BCUT2D eigenvalue weighted by atomic mass is 14.5. The van der Waals surface area contributed by atoms with Gasteiger partial charge < -0.3 is 0 Å².